The van der Waals surface area contributed by atoms with E-state index in [1.165, 1.54) is 38.2 Å². The molecule has 1 aromatic carbocycles. The number of unbranched alkanes of at least 4 members (excludes halogenated alkanes) is 4. The molecule has 1 nitrogen and oxygen atoms in total. The molecular formula is C17H27ClFN. The third kappa shape index (κ3) is 6.71. The lowest BCUT2D eigenvalue weighted by Gasteiger charge is -2.18. The van der Waals surface area contributed by atoms with E-state index in [-0.39, 0.29) is 5.82 Å². The van der Waals surface area contributed by atoms with Gasteiger partial charge in [0.05, 0.1) is 0 Å². The third-order valence-corrected chi connectivity index (χ3v) is 3.87. The summed E-state index contributed by atoms with van der Waals surface area (Å²) in [5.74, 6) is -0.189. The fourth-order valence-electron chi connectivity index (χ4n) is 2.51. The Kier molecular flexibility index (Phi) is 8.88. The smallest absolute Gasteiger partial charge is 0.127 e. The lowest BCUT2D eigenvalue weighted by atomic mass is 9.99. The molecule has 0 heterocycles. The Bertz CT molecular complexity index is 381. The Balaban J connectivity index is 2.45. The second kappa shape index (κ2) is 10.2. The minimum atomic E-state index is -0.189. The number of likely N-dealkylation sites (N-methyl/N-ethyl adjacent to an activating group) is 1. The minimum absolute atomic E-state index is 0.189. The van der Waals surface area contributed by atoms with Crippen LogP contribution in [0, 0.1) is 5.82 Å². The number of hydrogen-bond acceptors (Lipinski definition) is 1. The van der Waals surface area contributed by atoms with Crippen LogP contribution >= 0.6 is 11.6 Å². The van der Waals surface area contributed by atoms with Gasteiger partial charge in [0.15, 0.2) is 0 Å². The van der Waals surface area contributed by atoms with Crippen LogP contribution in [0.1, 0.15) is 57.9 Å². The molecule has 20 heavy (non-hydrogen) atoms. The van der Waals surface area contributed by atoms with Crippen LogP contribution in [0.25, 0.3) is 0 Å². The van der Waals surface area contributed by atoms with Gasteiger partial charge < -0.3 is 5.32 Å². The second-order valence-corrected chi connectivity index (χ2v) is 5.83. The fourth-order valence-corrected chi connectivity index (χ4v) is 2.67. The first-order valence-electron chi connectivity index (χ1n) is 7.84. The Labute approximate surface area is 127 Å². The van der Waals surface area contributed by atoms with Crippen LogP contribution < -0.4 is 5.32 Å². The molecule has 0 aliphatic carbocycles. The molecule has 1 rings (SSSR count). The van der Waals surface area contributed by atoms with Crippen LogP contribution in [0.15, 0.2) is 18.2 Å². The molecule has 1 N–H and O–H groups in total. The molecular weight excluding hydrogens is 273 g/mol. The van der Waals surface area contributed by atoms with Gasteiger partial charge in [-0.15, -0.1) is 0 Å². The predicted molar refractivity (Wildman–Crippen MR) is 86.0 cm³/mol. The zero-order valence-corrected chi connectivity index (χ0v) is 13.5. The highest BCUT2D eigenvalue weighted by Crippen LogP contribution is 2.18. The molecule has 0 aromatic heterocycles. The minimum Gasteiger partial charge on any atom is -0.314 e. The van der Waals surface area contributed by atoms with Crippen LogP contribution in [0.2, 0.25) is 5.02 Å². The van der Waals surface area contributed by atoms with E-state index in [0.717, 1.165) is 24.9 Å². The van der Waals surface area contributed by atoms with Crippen molar-refractivity contribution in [2.75, 3.05) is 6.54 Å². The maximum absolute atomic E-state index is 13.8. The van der Waals surface area contributed by atoms with E-state index in [9.17, 15) is 4.39 Å². The summed E-state index contributed by atoms with van der Waals surface area (Å²) < 4.78 is 13.8. The number of rotatable bonds is 10. The van der Waals surface area contributed by atoms with Gasteiger partial charge in [-0.25, -0.2) is 4.39 Å². The molecule has 0 fully saturated rings. The quantitative estimate of drug-likeness (QED) is 0.573. The topological polar surface area (TPSA) is 12.0 Å². The Morgan fingerprint density at radius 2 is 1.90 bits per heavy atom. The van der Waals surface area contributed by atoms with Gasteiger partial charge in [0, 0.05) is 11.1 Å². The largest absolute Gasteiger partial charge is 0.314 e. The molecule has 0 aliphatic heterocycles. The predicted octanol–water partition coefficient (Wildman–Crippen LogP) is 5.36. The zero-order chi connectivity index (χ0) is 14.8. The van der Waals surface area contributed by atoms with Gasteiger partial charge in [0.25, 0.3) is 0 Å². The van der Waals surface area contributed by atoms with Gasteiger partial charge in [0.2, 0.25) is 0 Å². The maximum Gasteiger partial charge on any atom is 0.127 e. The summed E-state index contributed by atoms with van der Waals surface area (Å²) in [5.41, 5.74) is 0.758. The highest BCUT2D eigenvalue weighted by atomic mass is 35.5. The highest BCUT2D eigenvalue weighted by Gasteiger charge is 2.11. The summed E-state index contributed by atoms with van der Waals surface area (Å²) in [4.78, 5) is 0. The van der Waals surface area contributed by atoms with Gasteiger partial charge in [-0.2, -0.15) is 0 Å². The van der Waals surface area contributed by atoms with Crippen molar-refractivity contribution in [2.24, 2.45) is 0 Å². The van der Waals surface area contributed by atoms with E-state index in [4.69, 9.17) is 11.6 Å². The molecule has 0 bridgehead atoms. The summed E-state index contributed by atoms with van der Waals surface area (Å²) >= 11 is 5.79. The SMILES string of the molecule is CCCCCCCC(Cc1ccc(Cl)cc1F)NCC. The molecule has 0 radical (unpaired) electrons. The summed E-state index contributed by atoms with van der Waals surface area (Å²) in [7, 11) is 0. The number of hydrogen-bond donors (Lipinski definition) is 1. The number of halogens is 2. The first kappa shape index (κ1) is 17.5. The van der Waals surface area contributed by atoms with E-state index >= 15 is 0 Å². The van der Waals surface area contributed by atoms with Gasteiger partial charge in [0.1, 0.15) is 5.82 Å². The van der Waals surface area contributed by atoms with Crippen molar-refractivity contribution in [1.82, 2.24) is 5.32 Å². The molecule has 0 spiro atoms. The van der Waals surface area contributed by atoms with Crippen molar-refractivity contribution in [3.05, 3.63) is 34.6 Å². The van der Waals surface area contributed by atoms with Gasteiger partial charge >= 0.3 is 0 Å². The van der Waals surface area contributed by atoms with Crippen LogP contribution in [0.5, 0.6) is 0 Å². The molecule has 1 aromatic rings. The monoisotopic (exact) mass is 299 g/mol. The lowest BCUT2D eigenvalue weighted by molar-refractivity contribution is 0.453. The Morgan fingerprint density at radius 3 is 2.55 bits per heavy atom. The van der Waals surface area contributed by atoms with E-state index in [1.54, 1.807) is 12.1 Å². The van der Waals surface area contributed by atoms with Gasteiger partial charge in [-0.05, 0) is 37.1 Å². The zero-order valence-electron chi connectivity index (χ0n) is 12.7. The molecule has 0 saturated heterocycles. The molecule has 0 amide bonds. The lowest BCUT2D eigenvalue weighted by Crippen LogP contribution is -2.31. The summed E-state index contributed by atoms with van der Waals surface area (Å²) in [6.07, 6.45) is 8.24. The maximum atomic E-state index is 13.8. The third-order valence-electron chi connectivity index (χ3n) is 3.63. The number of nitrogens with one attached hydrogen (secondary N) is 1. The molecule has 3 heteroatoms. The van der Waals surface area contributed by atoms with E-state index < -0.39 is 0 Å². The van der Waals surface area contributed by atoms with Crippen LogP contribution in [-0.2, 0) is 6.42 Å². The van der Waals surface area contributed by atoms with Crippen molar-refractivity contribution in [3.8, 4) is 0 Å². The van der Waals surface area contributed by atoms with Crippen molar-refractivity contribution >= 4 is 11.6 Å². The van der Waals surface area contributed by atoms with Crippen molar-refractivity contribution in [3.63, 3.8) is 0 Å². The average molecular weight is 300 g/mol. The molecule has 1 unspecified atom stereocenters. The van der Waals surface area contributed by atoms with E-state index in [1.807, 2.05) is 0 Å². The first-order chi connectivity index (χ1) is 9.67. The average Bonchev–Trinajstić information content (AvgIpc) is 2.41. The van der Waals surface area contributed by atoms with Gasteiger partial charge in [-0.1, -0.05) is 63.6 Å². The van der Waals surface area contributed by atoms with E-state index in [2.05, 4.69) is 19.2 Å². The molecule has 0 aliphatic rings. The van der Waals surface area contributed by atoms with Gasteiger partial charge in [-0.3, -0.25) is 0 Å². The first-order valence-corrected chi connectivity index (χ1v) is 8.22. The van der Waals surface area contributed by atoms with Crippen molar-refractivity contribution in [2.45, 2.75) is 64.8 Å². The van der Waals surface area contributed by atoms with Crippen LogP contribution in [0.3, 0.4) is 0 Å². The normalized spacial score (nSPS) is 12.6. The summed E-state index contributed by atoms with van der Waals surface area (Å²) in [6.45, 7) is 5.25. The second-order valence-electron chi connectivity index (χ2n) is 5.40. The standard InChI is InChI=1S/C17H27ClFN/c1-3-5-6-7-8-9-16(20-4-2)12-14-10-11-15(18)13-17(14)19/h10-11,13,16,20H,3-9,12H2,1-2H3. The van der Waals surface area contributed by atoms with Crippen LogP contribution in [0.4, 0.5) is 4.39 Å². The van der Waals surface area contributed by atoms with Crippen molar-refractivity contribution in [1.29, 1.82) is 0 Å². The number of benzene rings is 1. The van der Waals surface area contributed by atoms with Crippen molar-refractivity contribution < 1.29 is 4.39 Å². The summed E-state index contributed by atoms with van der Waals surface area (Å²) in [6, 6.07) is 5.34. The highest BCUT2D eigenvalue weighted by molar-refractivity contribution is 6.30. The Morgan fingerprint density at radius 1 is 1.15 bits per heavy atom. The van der Waals surface area contributed by atoms with E-state index in [0.29, 0.717) is 11.1 Å². The molecule has 0 saturated carbocycles. The fraction of sp³-hybridized carbons (Fsp3) is 0.647. The Hall–Kier alpha value is -0.600. The van der Waals surface area contributed by atoms with Crippen LogP contribution in [-0.4, -0.2) is 12.6 Å². The molecule has 114 valence electrons. The summed E-state index contributed by atoms with van der Waals surface area (Å²) in [5, 5.41) is 3.93. The molecule has 1 atom stereocenters.